The summed E-state index contributed by atoms with van der Waals surface area (Å²) in [5, 5.41) is 3.67. The Hall–Kier alpha value is -4.09. The summed E-state index contributed by atoms with van der Waals surface area (Å²) < 4.78 is 44.2. The first-order valence-corrected chi connectivity index (χ1v) is 13.6. The van der Waals surface area contributed by atoms with Crippen molar-refractivity contribution in [2.24, 2.45) is 0 Å². The van der Waals surface area contributed by atoms with Gasteiger partial charge in [0.2, 0.25) is 0 Å². The normalized spacial score (nSPS) is 12.4. The molecule has 2 heterocycles. The summed E-state index contributed by atoms with van der Waals surface area (Å²) >= 11 is 1.60. The van der Waals surface area contributed by atoms with Crippen molar-refractivity contribution in [2.45, 2.75) is 24.3 Å². The van der Waals surface area contributed by atoms with Gasteiger partial charge in [-0.25, -0.2) is 32.3 Å². The number of benzene rings is 3. The number of thiazole rings is 1. The molecule has 1 unspecified atom stereocenters. The predicted molar refractivity (Wildman–Crippen MR) is 140 cm³/mol. The Kier molecular flexibility index (Phi) is 6.72. The second-order valence-electron chi connectivity index (χ2n) is 8.29. The Balaban J connectivity index is 1.46. The molecule has 37 heavy (non-hydrogen) atoms. The lowest BCUT2D eigenvalue weighted by Crippen LogP contribution is -2.42. The van der Waals surface area contributed by atoms with Gasteiger partial charge in [0.1, 0.15) is 16.5 Å². The minimum Gasteiger partial charge on any atom is -0.327 e. The molecule has 5 rings (SSSR count). The van der Waals surface area contributed by atoms with E-state index >= 15 is 0 Å². The molecule has 188 valence electrons. The number of aromatic nitrogens is 3. The summed E-state index contributed by atoms with van der Waals surface area (Å²) in [6.07, 6.45) is 3.71. The summed E-state index contributed by atoms with van der Waals surface area (Å²) in [5.74, 6) is -0.458. The van der Waals surface area contributed by atoms with Gasteiger partial charge in [-0.3, -0.25) is 0 Å². The number of hydrogen-bond acceptors (Lipinski definition) is 6. The molecule has 3 aromatic carbocycles. The number of carbonyl (C=O) groups excluding carboxylic acids is 1. The molecule has 8 nitrogen and oxygen atoms in total. The lowest BCUT2D eigenvalue weighted by atomic mass is 10.1. The molecule has 2 aromatic heterocycles. The average Bonchev–Trinajstić information content (AvgIpc) is 3.49. The van der Waals surface area contributed by atoms with Gasteiger partial charge in [0.25, 0.3) is 10.0 Å². The molecule has 0 saturated carbocycles. The van der Waals surface area contributed by atoms with Crippen molar-refractivity contribution >= 4 is 37.6 Å². The highest BCUT2D eigenvalue weighted by atomic mass is 32.2. The Morgan fingerprint density at radius 3 is 2.62 bits per heavy atom. The number of hydrogen-bond donors (Lipinski definition) is 2. The zero-order valence-electron chi connectivity index (χ0n) is 19.6. The van der Waals surface area contributed by atoms with Crippen molar-refractivity contribution in [3.05, 3.63) is 107 Å². The van der Waals surface area contributed by atoms with E-state index in [1.54, 1.807) is 23.7 Å². The largest absolute Gasteiger partial charge is 0.329 e. The molecule has 0 aliphatic rings. The summed E-state index contributed by atoms with van der Waals surface area (Å²) in [6.45, 7) is 1.95. The monoisotopic (exact) mass is 535 g/mol. The average molecular weight is 536 g/mol. The van der Waals surface area contributed by atoms with E-state index in [9.17, 15) is 17.6 Å². The number of carbonyl (C=O) groups is 1. The zero-order valence-corrected chi connectivity index (χ0v) is 21.3. The Morgan fingerprint density at radius 1 is 1.08 bits per heavy atom. The SMILES string of the molecule is Cc1nc2cc(-n3ccnc3C(Cc3ccccc3)NC(=O)NS(=O)(=O)c3ccccc3F)ccc2s1. The van der Waals surface area contributed by atoms with E-state index in [0.29, 0.717) is 12.2 Å². The van der Waals surface area contributed by atoms with E-state index in [1.165, 1.54) is 12.1 Å². The lowest BCUT2D eigenvalue weighted by molar-refractivity contribution is 0.241. The molecular formula is C26H22FN5O3S2. The fourth-order valence-electron chi connectivity index (χ4n) is 4.06. The fourth-order valence-corrected chi connectivity index (χ4v) is 5.86. The maximum absolute atomic E-state index is 14.1. The van der Waals surface area contributed by atoms with Crippen LogP contribution in [-0.2, 0) is 16.4 Å². The molecule has 0 aliphatic carbocycles. The van der Waals surface area contributed by atoms with Gasteiger partial charge in [-0.1, -0.05) is 42.5 Å². The van der Waals surface area contributed by atoms with E-state index < -0.39 is 32.8 Å². The number of amides is 2. The molecule has 0 spiro atoms. The van der Waals surface area contributed by atoms with E-state index in [4.69, 9.17) is 0 Å². The van der Waals surface area contributed by atoms with Crippen LogP contribution in [-0.4, -0.2) is 29.0 Å². The molecule has 1 atom stereocenters. The first-order chi connectivity index (χ1) is 17.8. The highest BCUT2D eigenvalue weighted by Crippen LogP contribution is 2.26. The van der Waals surface area contributed by atoms with Crippen LogP contribution in [0.1, 0.15) is 22.4 Å². The minimum absolute atomic E-state index is 0.336. The minimum atomic E-state index is -4.43. The molecule has 0 saturated heterocycles. The summed E-state index contributed by atoms with van der Waals surface area (Å²) in [6, 6.07) is 18.4. The predicted octanol–water partition coefficient (Wildman–Crippen LogP) is 4.90. The van der Waals surface area contributed by atoms with E-state index in [1.807, 2.05) is 64.7 Å². The molecule has 2 N–H and O–H groups in total. The van der Waals surface area contributed by atoms with E-state index in [-0.39, 0.29) is 0 Å². The van der Waals surface area contributed by atoms with Crippen LogP contribution in [0.2, 0.25) is 0 Å². The molecule has 2 amide bonds. The number of halogens is 1. The molecule has 11 heteroatoms. The molecule has 0 fully saturated rings. The number of urea groups is 1. The highest BCUT2D eigenvalue weighted by molar-refractivity contribution is 7.90. The van der Waals surface area contributed by atoms with Crippen molar-refractivity contribution in [1.29, 1.82) is 0 Å². The summed E-state index contributed by atoms with van der Waals surface area (Å²) in [7, 11) is -4.43. The van der Waals surface area contributed by atoms with Gasteiger partial charge < -0.3 is 9.88 Å². The zero-order chi connectivity index (χ0) is 26.0. The molecule has 5 aromatic rings. The second-order valence-corrected chi connectivity index (χ2v) is 11.2. The Morgan fingerprint density at radius 2 is 1.84 bits per heavy atom. The molecule has 0 bridgehead atoms. The van der Waals surface area contributed by atoms with Gasteiger partial charge in [0.15, 0.2) is 0 Å². The van der Waals surface area contributed by atoms with Crippen molar-refractivity contribution in [3.63, 3.8) is 0 Å². The number of sulfonamides is 1. The van der Waals surface area contributed by atoms with E-state index in [2.05, 4.69) is 15.3 Å². The van der Waals surface area contributed by atoms with Gasteiger partial charge in [-0.05, 0) is 49.2 Å². The number of nitrogens with zero attached hydrogens (tertiary/aromatic N) is 3. The lowest BCUT2D eigenvalue weighted by Gasteiger charge is -2.20. The van der Waals surface area contributed by atoms with Gasteiger partial charge >= 0.3 is 6.03 Å². The number of imidazole rings is 1. The molecular weight excluding hydrogens is 513 g/mol. The van der Waals surface area contributed by atoms with Crippen molar-refractivity contribution < 1.29 is 17.6 Å². The summed E-state index contributed by atoms with van der Waals surface area (Å²) in [5.41, 5.74) is 2.55. The van der Waals surface area contributed by atoms with Crippen LogP contribution < -0.4 is 10.0 Å². The number of nitrogens with one attached hydrogen (secondary N) is 2. The number of fused-ring (bicyclic) bond motifs is 1. The number of aryl methyl sites for hydroxylation is 1. The van der Waals surface area contributed by atoms with Gasteiger partial charge in [-0.2, -0.15) is 0 Å². The number of rotatable bonds is 7. The van der Waals surface area contributed by atoms with Crippen molar-refractivity contribution in [2.75, 3.05) is 0 Å². The molecule has 0 radical (unpaired) electrons. The maximum atomic E-state index is 14.1. The van der Waals surface area contributed by atoms with Gasteiger partial charge in [0.05, 0.1) is 21.3 Å². The van der Waals surface area contributed by atoms with E-state index in [0.717, 1.165) is 38.6 Å². The Bertz CT molecular complexity index is 1680. The highest BCUT2D eigenvalue weighted by Gasteiger charge is 2.26. The van der Waals surface area contributed by atoms with Crippen LogP contribution in [0.5, 0.6) is 0 Å². The smallest absolute Gasteiger partial charge is 0.327 e. The van der Waals surface area contributed by atoms with Crippen molar-refractivity contribution in [1.82, 2.24) is 24.6 Å². The first-order valence-electron chi connectivity index (χ1n) is 11.3. The van der Waals surface area contributed by atoms with Gasteiger partial charge in [0, 0.05) is 18.1 Å². The summed E-state index contributed by atoms with van der Waals surface area (Å²) in [4.78, 5) is 21.3. The quantitative estimate of drug-likeness (QED) is 0.308. The van der Waals surface area contributed by atoms with Crippen LogP contribution in [0.3, 0.4) is 0 Å². The van der Waals surface area contributed by atoms with Crippen molar-refractivity contribution in [3.8, 4) is 5.69 Å². The first kappa shape index (κ1) is 24.6. The third kappa shape index (κ3) is 5.37. The third-order valence-electron chi connectivity index (χ3n) is 5.68. The van der Waals surface area contributed by atoms with Crippen LogP contribution in [0.4, 0.5) is 9.18 Å². The topological polar surface area (TPSA) is 106 Å². The molecule has 0 aliphatic heterocycles. The van der Waals surface area contributed by atoms with Crippen LogP contribution in [0, 0.1) is 12.7 Å². The fraction of sp³-hybridized carbons (Fsp3) is 0.115. The van der Waals surface area contributed by atoms with Gasteiger partial charge in [-0.15, -0.1) is 11.3 Å². The van der Waals surface area contributed by atoms with Crippen LogP contribution >= 0.6 is 11.3 Å². The maximum Gasteiger partial charge on any atom is 0.329 e. The Labute approximate surface area is 216 Å². The van der Waals surface area contributed by atoms with Crippen LogP contribution in [0.15, 0.2) is 90.1 Å². The standard InChI is InChI=1S/C26H22FN5O3S2/c1-17-29-21-16-19(11-12-23(21)36-17)32-14-13-28-25(32)22(15-18-7-3-2-4-8-18)30-26(33)31-37(34,35)24-10-6-5-9-20(24)27/h2-14,16,22H,15H2,1H3,(H2,30,31,33). The second kappa shape index (κ2) is 10.1. The third-order valence-corrected chi connectivity index (χ3v) is 7.99. The van der Waals surface area contributed by atoms with Crippen LogP contribution in [0.25, 0.3) is 15.9 Å².